The molecule has 0 aliphatic carbocycles. The molecule has 1 saturated heterocycles. The maximum absolute atomic E-state index is 13.1. The Balaban J connectivity index is 1.62. The molecule has 1 heterocycles. The van der Waals surface area contributed by atoms with Crippen LogP contribution in [0.5, 0.6) is 0 Å². The number of amides is 2. The molecule has 1 atom stereocenters. The molecule has 2 aromatic rings. The van der Waals surface area contributed by atoms with Crippen LogP contribution in [0.4, 0.5) is 0 Å². The SMILES string of the molecule is C=CC(=O)NC1CCCN(S(=O)(=O)c2ccc(C(=O)NCc3cc(C)cc(C)c3)cc2)CC1. The summed E-state index contributed by atoms with van der Waals surface area (Å²) in [7, 11) is -3.68. The first-order valence-corrected chi connectivity index (χ1v) is 12.5. The minimum atomic E-state index is -3.68. The molecule has 7 nitrogen and oxygen atoms in total. The highest BCUT2D eigenvalue weighted by Crippen LogP contribution is 2.21. The fourth-order valence-corrected chi connectivity index (χ4v) is 5.59. The number of sulfonamides is 1. The third-order valence-corrected chi connectivity index (χ3v) is 7.62. The highest BCUT2D eigenvalue weighted by atomic mass is 32.2. The van der Waals surface area contributed by atoms with Gasteiger partial charge in [-0.15, -0.1) is 0 Å². The van der Waals surface area contributed by atoms with Crippen molar-refractivity contribution in [1.29, 1.82) is 0 Å². The van der Waals surface area contributed by atoms with Crippen molar-refractivity contribution >= 4 is 21.8 Å². The maximum atomic E-state index is 13.1. The zero-order valence-corrected chi connectivity index (χ0v) is 20.0. The summed E-state index contributed by atoms with van der Waals surface area (Å²) >= 11 is 0. The van der Waals surface area contributed by atoms with Crippen LogP contribution in [0.1, 0.15) is 46.3 Å². The predicted octanol–water partition coefficient (Wildman–Crippen LogP) is 3.08. The number of hydrogen-bond acceptors (Lipinski definition) is 4. The zero-order chi connectivity index (χ0) is 24.0. The van der Waals surface area contributed by atoms with E-state index in [-0.39, 0.29) is 22.8 Å². The molecule has 2 N–H and O–H groups in total. The number of benzene rings is 2. The average molecular weight is 470 g/mol. The molecule has 0 saturated carbocycles. The molecule has 1 aliphatic heterocycles. The van der Waals surface area contributed by atoms with E-state index in [2.05, 4.69) is 23.3 Å². The van der Waals surface area contributed by atoms with E-state index in [1.165, 1.54) is 34.6 Å². The quantitative estimate of drug-likeness (QED) is 0.609. The fraction of sp³-hybridized carbons (Fsp3) is 0.360. The zero-order valence-electron chi connectivity index (χ0n) is 19.1. The van der Waals surface area contributed by atoms with Crippen molar-refractivity contribution in [1.82, 2.24) is 14.9 Å². The van der Waals surface area contributed by atoms with E-state index >= 15 is 0 Å². The monoisotopic (exact) mass is 469 g/mol. The first-order chi connectivity index (χ1) is 15.7. The normalized spacial score (nSPS) is 17.1. The van der Waals surface area contributed by atoms with Crippen molar-refractivity contribution in [3.8, 4) is 0 Å². The van der Waals surface area contributed by atoms with Crippen LogP contribution in [0.3, 0.4) is 0 Å². The van der Waals surface area contributed by atoms with Gasteiger partial charge in [-0.05, 0) is 69.0 Å². The Morgan fingerprint density at radius 3 is 2.36 bits per heavy atom. The fourth-order valence-electron chi connectivity index (χ4n) is 4.10. The largest absolute Gasteiger partial charge is 0.350 e. The third kappa shape index (κ3) is 6.52. The van der Waals surface area contributed by atoms with Gasteiger partial charge in [0.25, 0.3) is 5.91 Å². The number of carbonyl (C=O) groups excluding carboxylic acids is 2. The first-order valence-electron chi connectivity index (χ1n) is 11.1. The van der Waals surface area contributed by atoms with Crippen molar-refractivity contribution in [3.63, 3.8) is 0 Å². The van der Waals surface area contributed by atoms with E-state index < -0.39 is 10.0 Å². The van der Waals surface area contributed by atoms with Gasteiger partial charge < -0.3 is 10.6 Å². The second-order valence-electron chi connectivity index (χ2n) is 8.45. The molecule has 0 radical (unpaired) electrons. The van der Waals surface area contributed by atoms with Crippen molar-refractivity contribution in [2.24, 2.45) is 0 Å². The molecular weight excluding hydrogens is 438 g/mol. The van der Waals surface area contributed by atoms with E-state index in [9.17, 15) is 18.0 Å². The summed E-state index contributed by atoms with van der Waals surface area (Å²) in [6.45, 7) is 8.59. The van der Waals surface area contributed by atoms with Gasteiger partial charge in [-0.25, -0.2) is 8.42 Å². The second kappa shape index (κ2) is 10.8. The lowest BCUT2D eigenvalue weighted by Crippen LogP contribution is -2.36. The van der Waals surface area contributed by atoms with E-state index in [0.717, 1.165) is 16.7 Å². The van der Waals surface area contributed by atoms with Crippen LogP contribution in [0.15, 0.2) is 60.0 Å². The smallest absolute Gasteiger partial charge is 0.251 e. The van der Waals surface area contributed by atoms with E-state index in [1.807, 2.05) is 26.0 Å². The molecule has 1 fully saturated rings. The van der Waals surface area contributed by atoms with E-state index in [4.69, 9.17) is 0 Å². The standard InChI is InChI=1S/C25H31N3O4S/c1-4-24(29)27-22-6-5-12-28(13-11-22)33(31,32)23-9-7-21(8-10-23)25(30)26-17-20-15-18(2)14-19(3)16-20/h4,7-10,14-16,22H,1,5-6,11-13,17H2,2-3H3,(H,26,30)(H,27,29). The maximum Gasteiger partial charge on any atom is 0.251 e. The minimum absolute atomic E-state index is 0.0704. The van der Waals surface area contributed by atoms with Crippen LogP contribution >= 0.6 is 0 Å². The molecule has 8 heteroatoms. The number of aryl methyl sites for hydroxylation is 2. The Kier molecular flexibility index (Phi) is 8.05. The van der Waals surface area contributed by atoms with Crippen molar-refractivity contribution < 1.29 is 18.0 Å². The van der Waals surface area contributed by atoms with Gasteiger partial charge in [0.15, 0.2) is 0 Å². The van der Waals surface area contributed by atoms with E-state index in [0.29, 0.717) is 44.5 Å². The van der Waals surface area contributed by atoms with Gasteiger partial charge in [-0.3, -0.25) is 9.59 Å². The number of nitrogens with one attached hydrogen (secondary N) is 2. The van der Waals surface area contributed by atoms with Crippen LogP contribution in [0.2, 0.25) is 0 Å². The Morgan fingerprint density at radius 2 is 1.73 bits per heavy atom. The van der Waals surface area contributed by atoms with Gasteiger partial charge in [0.05, 0.1) is 4.90 Å². The summed E-state index contributed by atoms with van der Waals surface area (Å²) in [5.74, 6) is -0.503. The van der Waals surface area contributed by atoms with E-state index in [1.54, 1.807) is 0 Å². The molecule has 176 valence electrons. The van der Waals surface area contributed by atoms with Crippen molar-refractivity contribution in [2.45, 2.75) is 50.6 Å². The van der Waals surface area contributed by atoms with Gasteiger partial charge in [0.1, 0.15) is 0 Å². The molecule has 2 amide bonds. The Bertz CT molecular complexity index is 1110. The molecular formula is C25H31N3O4S. The highest BCUT2D eigenvalue weighted by Gasteiger charge is 2.28. The van der Waals surface area contributed by atoms with Gasteiger partial charge in [0, 0.05) is 31.2 Å². The van der Waals surface area contributed by atoms with Crippen molar-refractivity contribution in [2.75, 3.05) is 13.1 Å². The molecule has 1 aliphatic rings. The van der Waals surface area contributed by atoms with Crippen LogP contribution in [-0.4, -0.2) is 43.7 Å². The summed E-state index contributed by atoms with van der Waals surface area (Å²) in [4.78, 5) is 24.2. The molecule has 33 heavy (non-hydrogen) atoms. The molecule has 0 bridgehead atoms. The first kappa shape index (κ1) is 24.7. The van der Waals surface area contributed by atoms with Crippen LogP contribution in [0, 0.1) is 13.8 Å². The number of hydrogen-bond donors (Lipinski definition) is 2. The summed E-state index contributed by atoms with van der Waals surface area (Å²) in [6.07, 6.45) is 3.13. The molecule has 1 unspecified atom stereocenters. The predicted molar refractivity (Wildman–Crippen MR) is 128 cm³/mol. The second-order valence-corrected chi connectivity index (χ2v) is 10.4. The number of carbonyl (C=O) groups is 2. The summed E-state index contributed by atoms with van der Waals surface area (Å²) in [5.41, 5.74) is 3.69. The molecule has 3 rings (SSSR count). The van der Waals surface area contributed by atoms with Crippen LogP contribution < -0.4 is 10.6 Å². The van der Waals surface area contributed by atoms with Gasteiger partial charge in [-0.2, -0.15) is 4.31 Å². The minimum Gasteiger partial charge on any atom is -0.350 e. The van der Waals surface area contributed by atoms with Gasteiger partial charge >= 0.3 is 0 Å². The Labute approximate surface area is 195 Å². The lowest BCUT2D eigenvalue weighted by Gasteiger charge is -2.20. The van der Waals surface area contributed by atoms with Gasteiger partial charge in [-0.1, -0.05) is 35.9 Å². The molecule has 0 aromatic heterocycles. The van der Waals surface area contributed by atoms with Crippen LogP contribution in [-0.2, 0) is 21.4 Å². The molecule has 0 spiro atoms. The average Bonchev–Trinajstić information content (AvgIpc) is 3.03. The topological polar surface area (TPSA) is 95.6 Å². The Morgan fingerprint density at radius 1 is 1.06 bits per heavy atom. The van der Waals surface area contributed by atoms with Crippen molar-refractivity contribution in [3.05, 3.63) is 77.4 Å². The third-order valence-electron chi connectivity index (χ3n) is 5.71. The highest BCUT2D eigenvalue weighted by molar-refractivity contribution is 7.89. The lowest BCUT2D eigenvalue weighted by atomic mass is 10.1. The summed E-state index contributed by atoms with van der Waals surface area (Å²) in [5, 5.41) is 5.73. The Hall–Kier alpha value is -2.97. The van der Waals surface area contributed by atoms with Crippen LogP contribution in [0.25, 0.3) is 0 Å². The summed E-state index contributed by atoms with van der Waals surface area (Å²) in [6, 6.07) is 12.1. The summed E-state index contributed by atoms with van der Waals surface area (Å²) < 4.78 is 27.7. The lowest BCUT2D eigenvalue weighted by molar-refractivity contribution is -0.117. The van der Waals surface area contributed by atoms with Gasteiger partial charge in [0.2, 0.25) is 15.9 Å². The molecule has 2 aromatic carbocycles. The number of nitrogens with zero attached hydrogens (tertiary/aromatic N) is 1. The number of rotatable bonds is 7.